The van der Waals surface area contributed by atoms with E-state index in [0.29, 0.717) is 5.56 Å². The number of carbonyl (C=O) groups is 1. The summed E-state index contributed by atoms with van der Waals surface area (Å²) in [5.74, 6) is -0.0977. The SMILES string of the molecule is Cc1ccc(C(=O)N2CC[C@]3(CCCN(Cc4ccc(F)cc4)C3)C2)cn1. The van der Waals surface area contributed by atoms with Crippen molar-refractivity contribution in [1.29, 1.82) is 0 Å². The van der Waals surface area contributed by atoms with Crippen LogP contribution in [0.4, 0.5) is 4.39 Å². The molecule has 2 saturated heterocycles. The number of aryl methyl sites for hydroxylation is 1. The van der Waals surface area contributed by atoms with Gasteiger partial charge in [0.2, 0.25) is 0 Å². The van der Waals surface area contributed by atoms with Crippen LogP contribution in [0.15, 0.2) is 42.6 Å². The van der Waals surface area contributed by atoms with Gasteiger partial charge in [0.1, 0.15) is 5.82 Å². The molecule has 1 amide bonds. The Morgan fingerprint density at radius 2 is 1.93 bits per heavy atom. The highest BCUT2D eigenvalue weighted by Gasteiger charge is 2.42. The van der Waals surface area contributed by atoms with Gasteiger partial charge >= 0.3 is 0 Å². The standard InChI is InChI=1S/C22H26FN3O/c1-17-3-6-19(13-24-17)21(27)26-12-10-22(16-26)9-2-11-25(15-22)14-18-4-7-20(23)8-5-18/h3-8,13H,2,9-12,14-16H2,1H3/t22-/m0/s1. The van der Waals surface area contributed by atoms with Crippen molar-refractivity contribution in [2.24, 2.45) is 5.41 Å². The Kier molecular flexibility index (Phi) is 4.96. The summed E-state index contributed by atoms with van der Waals surface area (Å²) in [5.41, 5.74) is 2.93. The molecule has 142 valence electrons. The van der Waals surface area contributed by atoms with Crippen molar-refractivity contribution in [1.82, 2.24) is 14.8 Å². The van der Waals surface area contributed by atoms with E-state index in [9.17, 15) is 9.18 Å². The first-order valence-corrected chi connectivity index (χ1v) is 9.72. The molecule has 0 saturated carbocycles. The third-order valence-corrected chi connectivity index (χ3v) is 5.94. The van der Waals surface area contributed by atoms with E-state index in [1.807, 2.05) is 36.1 Å². The number of benzene rings is 1. The largest absolute Gasteiger partial charge is 0.338 e. The molecule has 1 atom stereocenters. The van der Waals surface area contributed by atoms with Gasteiger partial charge in [0.05, 0.1) is 5.56 Å². The van der Waals surface area contributed by atoms with Crippen LogP contribution >= 0.6 is 0 Å². The van der Waals surface area contributed by atoms with Crippen molar-refractivity contribution < 1.29 is 9.18 Å². The molecule has 1 aromatic carbocycles. The first-order chi connectivity index (χ1) is 13.0. The van der Waals surface area contributed by atoms with Crippen LogP contribution in [0.3, 0.4) is 0 Å². The van der Waals surface area contributed by atoms with E-state index < -0.39 is 0 Å². The molecule has 4 rings (SSSR count). The van der Waals surface area contributed by atoms with Gasteiger partial charge in [0.15, 0.2) is 0 Å². The minimum atomic E-state index is -0.190. The van der Waals surface area contributed by atoms with E-state index in [4.69, 9.17) is 0 Å². The van der Waals surface area contributed by atoms with Gasteiger partial charge in [-0.2, -0.15) is 0 Å². The molecule has 2 aliphatic rings. The smallest absolute Gasteiger partial charge is 0.255 e. The summed E-state index contributed by atoms with van der Waals surface area (Å²) in [7, 11) is 0. The van der Waals surface area contributed by atoms with Crippen LogP contribution < -0.4 is 0 Å². The highest BCUT2D eigenvalue weighted by molar-refractivity contribution is 5.94. The topological polar surface area (TPSA) is 36.4 Å². The van der Waals surface area contributed by atoms with Crippen LogP contribution in [0.5, 0.6) is 0 Å². The number of nitrogens with zero attached hydrogens (tertiary/aromatic N) is 3. The number of amides is 1. The average Bonchev–Trinajstić information content (AvgIpc) is 3.07. The van der Waals surface area contributed by atoms with Gasteiger partial charge in [0.25, 0.3) is 5.91 Å². The van der Waals surface area contributed by atoms with Crippen LogP contribution in [-0.4, -0.2) is 46.9 Å². The van der Waals surface area contributed by atoms with E-state index in [1.54, 1.807) is 6.20 Å². The molecule has 0 N–H and O–H groups in total. The average molecular weight is 367 g/mol. The van der Waals surface area contributed by atoms with Crippen LogP contribution in [0, 0.1) is 18.2 Å². The van der Waals surface area contributed by atoms with Crippen LogP contribution in [0.25, 0.3) is 0 Å². The highest BCUT2D eigenvalue weighted by Crippen LogP contribution is 2.39. The third-order valence-electron chi connectivity index (χ3n) is 5.94. The lowest BCUT2D eigenvalue weighted by Gasteiger charge is -2.40. The van der Waals surface area contributed by atoms with Crippen molar-refractivity contribution >= 4 is 5.91 Å². The van der Waals surface area contributed by atoms with E-state index in [-0.39, 0.29) is 17.1 Å². The number of aromatic nitrogens is 1. The normalized spacial score (nSPS) is 23.1. The van der Waals surface area contributed by atoms with Gasteiger partial charge in [-0.05, 0) is 62.6 Å². The van der Waals surface area contributed by atoms with Crippen LogP contribution in [-0.2, 0) is 6.54 Å². The minimum Gasteiger partial charge on any atom is -0.338 e. The predicted molar refractivity (Wildman–Crippen MR) is 103 cm³/mol. The number of pyridine rings is 1. The summed E-state index contributed by atoms with van der Waals surface area (Å²) in [6.45, 7) is 6.47. The number of carbonyl (C=O) groups excluding carboxylic acids is 1. The molecule has 1 spiro atoms. The summed E-state index contributed by atoms with van der Waals surface area (Å²) in [4.78, 5) is 21.5. The zero-order valence-corrected chi connectivity index (χ0v) is 15.8. The summed E-state index contributed by atoms with van der Waals surface area (Å²) in [6, 6.07) is 10.6. The Hall–Kier alpha value is -2.27. The lowest BCUT2D eigenvalue weighted by atomic mass is 9.79. The molecule has 0 unspecified atom stereocenters. The maximum Gasteiger partial charge on any atom is 0.255 e. The quantitative estimate of drug-likeness (QED) is 0.831. The number of rotatable bonds is 3. The number of hydrogen-bond acceptors (Lipinski definition) is 3. The first-order valence-electron chi connectivity index (χ1n) is 9.72. The lowest BCUT2D eigenvalue weighted by molar-refractivity contribution is 0.0675. The van der Waals surface area contributed by atoms with Crippen molar-refractivity contribution in [3.63, 3.8) is 0 Å². The Balaban J connectivity index is 1.40. The molecule has 0 radical (unpaired) electrons. The first kappa shape index (κ1) is 18.1. The molecule has 1 aromatic heterocycles. The van der Waals surface area contributed by atoms with Crippen LogP contribution in [0.2, 0.25) is 0 Å². The summed E-state index contributed by atoms with van der Waals surface area (Å²) in [6.07, 6.45) is 5.06. The van der Waals surface area contributed by atoms with Gasteiger partial charge < -0.3 is 4.90 Å². The van der Waals surface area contributed by atoms with Gasteiger partial charge in [-0.3, -0.25) is 14.7 Å². The number of hydrogen-bond donors (Lipinski definition) is 0. The highest BCUT2D eigenvalue weighted by atomic mass is 19.1. The molecule has 0 aliphatic carbocycles. The lowest BCUT2D eigenvalue weighted by Crippen LogP contribution is -2.45. The molecule has 5 heteroatoms. The number of halogens is 1. The van der Waals surface area contributed by atoms with E-state index in [0.717, 1.165) is 56.8 Å². The Morgan fingerprint density at radius 1 is 1.11 bits per heavy atom. The molecule has 2 fully saturated rings. The fourth-order valence-corrected chi connectivity index (χ4v) is 4.51. The Morgan fingerprint density at radius 3 is 2.67 bits per heavy atom. The molecular formula is C22H26FN3O. The van der Waals surface area contributed by atoms with Gasteiger partial charge in [-0.1, -0.05) is 12.1 Å². The number of piperidine rings is 1. The number of likely N-dealkylation sites (tertiary alicyclic amines) is 2. The van der Waals surface area contributed by atoms with Crippen molar-refractivity contribution in [3.05, 3.63) is 65.2 Å². The fraction of sp³-hybridized carbons (Fsp3) is 0.455. The Bertz CT molecular complexity index is 805. The van der Waals surface area contributed by atoms with E-state index >= 15 is 0 Å². The van der Waals surface area contributed by atoms with Gasteiger partial charge in [0, 0.05) is 43.5 Å². The molecule has 2 aliphatic heterocycles. The second-order valence-electron chi connectivity index (χ2n) is 8.11. The van der Waals surface area contributed by atoms with E-state index in [2.05, 4.69) is 9.88 Å². The summed E-state index contributed by atoms with van der Waals surface area (Å²) in [5, 5.41) is 0. The molecule has 2 aromatic rings. The van der Waals surface area contributed by atoms with Crippen molar-refractivity contribution in [2.75, 3.05) is 26.2 Å². The fourth-order valence-electron chi connectivity index (χ4n) is 4.51. The van der Waals surface area contributed by atoms with Crippen molar-refractivity contribution in [2.45, 2.75) is 32.7 Å². The van der Waals surface area contributed by atoms with Crippen LogP contribution in [0.1, 0.15) is 40.9 Å². The minimum absolute atomic E-state index is 0.0926. The molecular weight excluding hydrogens is 341 g/mol. The summed E-state index contributed by atoms with van der Waals surface area (Å²) >= 11 is 0. The molecule has 4 nitrogen and oxygen atoms in total. The zero-order chi connectivity index (χ0) is 18.9. The molecule has 27 heavy (non-hydrogen) atoms. The predicted octanol–water partition coefficient (Wildman–Crippen LogP) is 3.66. The second-order valence-corrected chi connectivity index (χ2v) is 8.11. The van der Waals surface area contributed by atoms with Gasteiger partial charge in [-0.25, -0.2) is 4.39 Å². The zero-order valence-electron chi connectivity index (χ0n) is 15.8. The van der Waals surface area contributed by atoms with Crippen molar-refractivity contribution in [3.8, 4) is 0 Å². The maximum absolute atomic E-state index is 13.1. The van der Waals surface area contributed by atoms with E-state index in [1.165, 1.54) is 18.6 Å². The molecule has 0 bridgehead atoms. The second kappa shape index (κ2) is 7.39. The van der Waals surface area contributed by atoms with Gasteiger partial charge in [-0.15, -0.1) is 0 Å². The Labute approximate surface area is 160 Å². The summed E-state index contributed by atoms with van der Waals surface area (Å²) < 4.78 is 13.1. The third kappa shape index (κ3) is 4.03. The monoisotopic (exact) mass is 367 g/mol. The molecule has 3 heterocycles. The maximum atomic E-state index is 13.1.